The number of halogens is 4. The first kappa shape index (κ1) is 19.9. The van der Waals surface area contributed by atoms with Crippen molar-refractivity contribution in [1.29, 1.82) is 0 Å². The van der Waals surface area contributed by atoms with Crippen LogP contribution in [0.1, 0.15) is 17.5 Å². The molecule has 0 aliphatic carbocycles. The van der Waals surface area contributed by atoms with Crippen molar-refractivity contribution < 1.29 is 21.6 Å². The average Bonchev–Trinajstić information content (AvgIpc) is 3.11. The standard InChI is InChI=1S/C19H15ClF3N3O2S/c20-16-4-3-13(19(21,22)23)10-17(16)29(27,28)26-8-5-12(6-9-26)15-11-25-18-14(15)2-1-7-24-18/h1-5,7,10-11H,6,8-9H2,(H,24,25). The molecule has 0 radical (unpaired) electrons. The minimum Gasteiger partial charge on any atom is -0.346 e. The normalized spacial score (nSPS) is 16.2. The van der Waals surface area contributed by atoms with Crippen LogP contribution in [-0.2, 0) is 16.2 Å². The highest BCUT2D eigenvalue weighted by Gasteiger charge is 2.35. The van der Waals surface area contributed by atoms with Crippen molar-refractivity contribution in [3.05, 3.63) is 65.0 Å². The van der Waals surface area contributed by atoms with Gasteiger partial charge < -0.3 is 4.98 Å². The molecule has 5 nitrogen and oxygen atoms in total. The first-order valence-electron chi connectivity index (χ1n) is 8.66. The van der Waals surface area contributed by atoms with Crippen LogP contribution < -0.4 is 0 Å². The number of aromatic nitrogens is 2. The molecule has 0 saturated carbocycles. The summed E-state index contributed by atoms with van der Waals surface area (Å²) in [5.74, 6) is 0. The van der Waals surface area contributed by atoms with Crippen molar-refractivity contribution in [2.24, 2.45) is 0 Å². The summed E-state index contributed by atoms with van der Waals surface area (Å²) in [5, 5.41) is 0.687. The second-order valence-corrected chi connectivity index (χ2v) is 8.90. The minimum atomic E-state index is -4.66. The lowest BCUT2D eigenvalue weighted by atomic mass is 10.0. The number of nitrogens with zero attached hydrogens (tertiary/aromatic N) is 2. The predicted molar refractivity (Wildman–Crippen MR) is 104 cm³/mol. The number of fused-ring (bicyclic) bond motifs is 1. The van der Waals surface area contributed by atoms with Crippen molar-refractivity contribution in [1.82, 2.24) is 14.3 Å². The van der Waals surface area contributed by atoms with Crippen LogP contribution in [0.3, 0.4) is 0 Å². The molecular weight excluding hydrogens is 427 g/mol. The topological polar surface area (TPSA) is 66.1 Å². The van der Waals surface area contributed by atoms with Crippen LogP contribution in [0.15, 0.2) is 53.7 Å². The highest BCUT2D eigenvalue weighted by atomic mass is 35.5. The fraction of sp³-hybridized carbons (Fsp3) is 0.211. The van der Waals surface area contributed by atoms with Gasteiger partial charge in [-0.2, -0.15) is 17.5 Å². The maximum absolute atomic E-state index is 13.0. The quantitative estimate of drug-likeness (QED) is 0.640. The third-order valence-electron chi connectivity index (χ3n) is 4.85. The van der Waals surface area contributed by atoms with Crippen LogP contribution in [0.2, 0.25) is 5.02 Å². The maximum atomic E-state index is 13.0. The lowest BCUT2D eigenvalue weighted by Gasteiger charge is -2.26. The largest absolute Gasteiger partial charge is 0.416 e. The molecule has 0 bridgehead atoms. The number of benzene rings is 1. The zero-order valence-corrected chi connectivity index (χ0v) is 16.4. The SMILES string of the molecule is O=S(=O)(c1cc(C(F)(F)F)ccc1Cl)N1CC=C(c2c[nH]c3ncccc23)CC1. The molecule has 0 saturated heterocycles. The molecule has 152 valence electrons. The predicted octanol–water partition coefficient (Wildman–Crippen LogP) is 4.71. The van der Waals surface area contributed by atoms with E-state index in [0.717, 1.165) is 38.6 Å². The van der Waals surface area contributed by atoms with Gasteiger partial charge in [-0.25, -0.2) is 13.4 Å². The van der Waals surface area contributed by atoms with Gasteiger partial charge in [-0.3, -0.25) is 0 Å². The van der Waals surface area contributed by atoms with Crippen LogP contribution >= 0.6 is 11.6 Å². The summed E-state index contributed by atoms with van der Waals surface area (Å²) in [6.45, 7) is 0.171. The summed E-state index contributed by atoms with van der Waals surface area (Å²) < 4.78 is 66.0. The molecule has 4 rings (SSSR count). The fourth-order valence-electron chi connectivity index (χ4n) is 3.35. The van der Waals surface area contributed by atoms with E-state index in [1.165, 1.54) is 0 Å². The van der Waals surface area contributed by atoms with Crippen molar-refractivity contribution in [2.75, 3.05) is 13.1 Å². The van der Waals surface area contributed by atoms with E-state index in [-0.39, 0.29) is 18.1 Å². The Hall–Kier alpha value is -2.36. The minimum absolute atomic E-state index is 0.0389. The van der Waals surface area contributed by atoms with Crippen molar-refractivity contribution in [2.45, 2.75) is 17.5 Å². The number of nitrogens with one attached hydrogen (secondary N) is 1. The Morgan fingerprint density at radius 1 is 1.21 bits per heavy atom. The Morgan fingerprint density at radius 2 is 2.00 bits per heavy atom. The highest BCUT2D eigenvalue weighted by Crippen LogP contribution is 2.36. The molecule has 0 amide bonds. The Kier molecular flexibility index (Phi) is 4.92. The molecule has 10 heteroatoms. The zero-order chi connectivity index (χ0) is 20.8. The Balaban J connectivity index is 1.64. The molecule has 1 aromatic carbocycles. The van der Waals surface area contributed by atoms with Gasteiger partial charge in [-0.05, 0) is 42.3 Å². The molecule has 0 spiro atoms. The first-order valence-corrected chi connectivity index (χ1v) is 10.5. The van der Waals surface area contributed by atoms with E-state index in [1.54, 1.807) is 12.3 Å². The van der Waals surface area contributed by atoms with E-state index in [4.69, 9.17) is 11.6 Å². The van der Waals surface area contributed by atoms with E-state index in [1.807, 2.05) is 18.3 Å². The second-order valence-electron chi connectivity index (χ2n) is 6.59. The number of hydrogen-bond acceptors (Lipinski definition) is 3. The molecule has 1 aliphatic rings. The lowest BCUT2D eigenvalue weighted by Crippen LogP contribution is -2.35. The molecule has 3 aromatic rings. The van der Waals surface area contributed by atoms with Gasteiger partial charge in [0.2, 0.25) is 10.0 Å². The Morgan fingerprint density at radius 3 is 2.69 bits per heavy atom. The number of rotatable bonds is 3. The average molecular weight is 442 g/mol. The molecule has 0 unspecified atom stereocenters. The van der Waals surface area contributed by atoms with Gasteiger partial charge in [0.15, 0.2) is 0 Å². The van der Waals surface area contributed by atoms with Gasteiger partial charge in [-0.1, -0.05) is 17.7 Å². The highest BCUT2D eigenvalue weighted by molar-refractivity contribution is 7.89. The molecule has 2 aromatic heterocycles. The summed E-state index contributed by atoms with van der Waals surface area (Å²) in [7, 11) is -4.17. The van der Waals surface area contributed by atoms with Crippen molar-refractivity contribution >= 4 is 38.2 Å². The third-order valence-corrected chi connectivity index (χ3v) is 7.19. The number of aromatic amines is 1. The van der Waals surface area contributed by atoms with E-state index in [2.05, 4.69) is 9.97 Å². The van der Waals surface area contributed by atoms with Gasteiger partial charge in [-0.15, -0.1) is 0 Å². The lowest BCUT2D eigenvalue weighted by molar-refractivity contribution is -0.137. The summed E-state index contributed by atoms with van der Waals surface area (Å²) in [5.41, 5.74) is 1.56. The fourth-order valence-corrected chi connectivity index (χ4v) is 5.23. The van der Waals surface area contributed by atoms with Gasteiger partial charge in [0, 0.05) is 36.4 Å². The number of alkyl halides is 3. The molecular formula is C19H15ClF3N3O2S. The van der Waals surface area contributed by atoms with Crippen LogP contribution in [0.25, 0.3) is 16.6 Å². The van der Waals surface area contributed by atoms with E-state index >= 15 is 0 Å². The third kappa shape index (κ3) is 3.65. The molecule has 0 atom stereocenters. The smallest absolute Gasteiger partial charge is 0.346 e. The molecule has 3 heterocycles. The van der Waals surface area contributed by atoms with E-state index in [9.17, 15) is 21.6 Å². The summed E-state index contributed by atoms with van der Waals surface area (Å²) in [6.07, 6.45) is 1.01. The van der Waals surface area contributed by atoms with Crippen LogP contribution in [0.5, 0.6) is 0 Å². The molecule has 1 aliphatic heterocycles. The summed E-state index contributed by atoms with van der Waals surface area (Å²) in [6, 6.07) is 6.04. The van der Waals surface area contributed by atoms with E-state index in [0.29, 0.717) is 12.5 Å². The molecule has 29 heavy (non-hydrogen) atoms. The van der Waals surface area contributed by atoms with Gasteiger partial charge >= 0.3 is 6.18 Å². The Labute approximate surface area is 169 Å². The first-order chi connectivity index (χ1) is 13.7. The van der Waals surface area contributed by atoms with Crippen LogP contribution in [0.4, 0.5) is 13.2 Å². The molecule has 0 fully saturated rings. The molecule has 1 N–H and O–H groups in total. The zero-order valence-electron chi connectivity index (χ0n) is 14.9. The van der Waals surface area contributed by atoms with Crippen molar-refractivity contribution in [3.63, 3.8) is 0 Å². The maximum Gasteiger partial charge on any atom is 0.416 e. The van der Waals surface area contributed by atoms with Crippen LogP contribution in [0, 0.1) is 0 Å². The van der Waals surface area contributed by atoms with Gasteiger partial charge in [0.05, 0.1) is 10.6 Å². The Bertz CT molecular complexity index is 1220. The van der Waals surface area contributed by atoms with Gasteiger partial charge in [0.25, 0.3) is 0 Å². The summed E-state index contributed by atoms with van der Waals surface area (Å²) >= 11 is 5.93. The number of H-pyrrole nitrogens is 1. The van der Waals surface area contributed by atoms with E-state index < -0.39 is 26.7 Å². The monoisotopic (exact) mass is 441 g/mol. The number of hydrogen-bond donors (Lipinski definition) is 1. The summed E-state index contributed by atoms with van der Waals surface area (Å²) in [4.78, 5) is 6.77. The van der Waals surface area contributed by atoms with Gasteiger partial charge in [0.1, 0.15) is 10.5 Å². The number of sulfonamides is 1. The van der Waals surface area contributed by atoms with Crippen molar-refractivity contribution in [3.8, 4) is 0 Å². The second kappa shape index (κ2) is 7.16. The number of pyridine rings is 1. The van der Waals surface area contributed by atoms with Crippen LogP contribution in [-0.4, -0.2) is 35.8 Å².